The highest BCUT2D eigenvalue weighted by Crippen LogP contribution is 2.29. The molecule has 2 heterocycles. The zero-order valence-electron chi connectivity index (χ0n) is 21.0. The third-order valence-electron chi connectivity index (χ3n) is 4.55. The van der Waals surface area contributed by atoms with E-state index in [9.17, 15) is 26.3 Å². The SMILES string of the molecule is CC/C=C\N=CCC(F)(F)F.CCc1c(CCN(C)C)nc(C)nc1Nc1ccc(C(F)(F)F)cn1. The number of hydrogen-bond acceptors (Lipinski definition) is 6. The van der Waals surface area contributed by atoms with Gasteiger partial charge in [-0.2, -0.15) is 26.3 Å². The van der Waals surface area contributed by atoms with Gasteiger partial charge in [-0.1, -0.05) is 19.9 Å². The fourth-order valence-corrected chi connectivity index (χ4v) is 2.81. The summed E-state index contributed by atoms with van der Waals surface area (Å²) in [5.41, 5.74) is 1.12. The van der Waals surface area contributed by atoms with Crippen LogP contribution in [0.4, 0.5) is 38.0 Å². The molecule has 0 unspecified atom stereocenters. The van der Waals surface area contributed by atoms with Gasteiger partial charge in [-0.25, -0.2) is 15.0 Å². The summed E-state index contributed by atoms with van der Waals surface area (Å²) in [7, 11) is 3.98. The Hall–Kier alpha value is -3.02. The van der Waals surface area contributed by atoms with Gasteiger partial charge in [-0.3, -0.25) is 4.99 Å². The van der Waals surface area contributed by atoms with E-state index in [1.54, 1.807) is 13.0 Å². The second-order valence-corrected chi connectivity index (χ2v) is 7.95. The Morgan fingerprint density at radius 1 is 1.06 bits per heavy atom. The van der Waals surface area contributed by atoms with Crippen LogP contribution in [0.5, 0.6) is 0 Å². The van der Waals surface area contributed by atoms with Gasteiger partial charge in [0.2, 0.25) is 0 Å². The van der Waals surface area contributed by atoms with E-state index in [0.29, 0.717) is 23.9 Å². The first-order chi connectivity index (χ1) is 16.8. The van der Waals surface area contributed by atoms with Crippen LogP contribution >= 0.6 is 0 Å². The van der Waals surface area contributed by atoms with E-state index in [4.69, 9.17) is 0 Å². The highest BCUT2D eigenvalue weighted by Gasteiger charge is 2.30. The zero-order chi connectivity index (χ0) is 27.4. The van der Waals surface area contributed by atoms with Crippen molar-refractivity contribution in [2.45, 2.75) is 58.8 Å². The number of aryl methyl sites for hydroxylation is 1. The molecule has 36 heavy (non-hydrogen) atoms. The van der Waals surface area contributed by atoms with Crippen molar-refractivity contribution in [3.63, 3.8) is 0 Å². The average Bonchev–Trinajstić information content (AvgIpc) is 2.77. The number of aliphatic imine (C=N–C) groups is 1. The number of rotatable bonds is 9. The Kier molecular flexibility index (Phi) is 12.5. The van der Waals surface area contributed by atoms with Crippen molar-refractivity contribution >= 4 is 17.9 Å². The van der Waals surface area contributed by atoms with E-state index in [-0.39, 0.29) is 0 Å². The fourth-order valence-electron chi connectivity index (χ4n) is 2.81. The molecular weight excluding hydrogens is 486 g/mol. The molecule has 2 aromatic heterocycles. The van der Waals surface area contributed by atoms with Crippen LogP contribution in [0.3, 0.4) is 0 Å². The highest BCUT2D eigenvalue weighted by atomic mass is 19.4. The lowest BCUT2D eigenvalue weighted by Gasteiger charge is -2.16. The molecule has 0 aliphatic carbocycles. The number of nitrogens with zero attached hydrogens (tertiary/aromatic N) is 5. The summed E-state index contributed by atoms with van der Waals surface area (Å²) in [5.74, 6) is 1.52. The largest absolute Gasteiger partial charge is 0.417 e. The van der Waals surface area contributed by atoms with Crippen LogP contribution in [-0.2, 0) is 19.0 Å². The third-order valence-corrected chi connectivity index (χ3v) is 4.55. The molecule has 0 atom stereocenters. The van der Waals surface area contributed by atoms with Gasteiger partial charge in [0.05, 0.1) is 17.7 Å². The summed E-state index contributed by atoms with van der Waals surface area (Å²) in [4.78, 5) is 18.3. The molecule has 12 heteroatoms. The van der Waals surface area contributed by atoms with Crippen molar-refractivity contribution in [1.29, 1.82) is 0 Å². The first kappa shape index (κ1) is 31.0. The van der Waals surface area contributed by atoms with Crippen molar-refractivity contribution < 1.29 is 26.3 Å². The number of hydrogen-bond donors (Lipinski definition) is 1. The van der Waals surface area contributed by atoms with Gasteiger partial charge < -0.3 is 10.2 Å². The second-order valence-electron chi connectivity index (χ2n) is 7.95. The van der Waals surface area contributed by atoms with Gasteiger partial charge in [0.25, 0.3) is 0 Å². The standard InChI is InChI=1S/C17H22F3N5.C7H10F3N/c1-5-13-14(8-9-25(3)4)22-11(2)23-16(13)24-15-7-6-12(10-21-15)17(18,19)20;1-2-3-5-11-6-4-7(8,9)10/h6-7,10H,5,8-9H2,1-4H3,(H,21,22,23,24);3,5-6H,2,4H2,1H3/b;5-3-,11-6?. The Balaban J connectivity index is 0.000000497. The van der Waals surface area contributed by atoms with Gasteiger partial charge in [-0.15, -0.1) is 0 Å². The quantitative estimate of drug-likeness (QED) is 0.302. The molecule has 0 aromatic carbocycles. The first-order valence-corrected chi connectivity index (χ1v) is 11.3. The van der Waals surface area contributed by atoms with Crippen LogP contribution < -0.4 is 5.32 Å². The Labute approximate surface area is 207 Å². The Morgan fingerprint density at radius 3 is 2.25 bits per heavy atom. The molecule has 200 valence electrons. The topological polar surface area (TPSA) is 66.3 Å². The average molecular weight is 519 g/mol. The fraction of sp³-hybridized carbons (Fsp3) is 0.500. The molecule has 0 spiro atoms. The lowest BCUT2D eigenvalue weighted by molar-refractivity contribution is -0.137. The summed E-state index contributed by atoms with van der Waals surface area (Å²) in [6, 6.07) is 2.31. The summed E-state index contributed by atoms with van der Waals surface area (Å²) >= 11 is 0. The number of allylic oxidation sites excluding steroid dienone is 1. The molecule has 0 aliphatic heterocycles. The Bertz CT molecular complexity index is 982. The maximum absolute atomic E-state index is 12.6. The molecule has 1 N–H and O–H groups in total. The lowest BCUT2D eigenvalue weighted by atomic mass is 10.1. The van der Waals surface area contributed by atoms with Crippen molar-refractivity contribution in [2.75, 3.05) is 26.0 Å². The molecule has 0 amide bonds. The number of halogens is 6. The van der Waals surface area contributed by atoms with Gasteiger partial charge in [0, 0.05) is 37.1 Å². The molecule has 0 radical (unpaired) electrons. The minimum Gasteiger partial charge on any atom is -0.325 e. The van der Waals surface area contributed by atoms with Gasteiger partial charge in [-0.05, 0) is 46.0 Å². The number of anilines is 2. The van der Waals surface area contributed by atoms with E-state index in [2.05, 4.69) is 30.2 Å². The second kappa shape index (κ2) is 14.5. The van der Waals surface area contributed by atoms with Crippen molar-refractivity contribution in [1.82, 2.24) is 19.9 Å². The predicted molar refractivity (Wildman–Crippen MR) is 130 cm³/mol. The Morgan fingerprint density at radius 2 is 1.75 bits per heavy atom. The molecule has 0 fully saturated rings. The van der Waals surface area contributed by atoms with E-state index in [1.807, 2.05) is 27.9 Å². The zero-order valence-corrected chi connectivity index (χ0v) is 21.0. The smallest absolute Gasteiger partial charge is 0.325 e. The van der Waals surface area contributed by atoms with Crippen molar-refractivity contribution in [3.05, 3.63) is 53.3 Å². The highest BCUT2D eigenvalue weighted by molar-refractivity contribution is 5.59. The van der Waals surface area contributed by atoms with E-state index >= 15 is 0 Å². The van der Waals surface area contributed by atoms with Crippen molar-refractivity contribution in [2.24, 2.45) is 4.99 Å². The van der Waals surface area contributed by atoms with E-state index in [0.717, 1.165) is 49.1 Å². The number of nitrogens with one attached hydrogen (secondary N) is 1. The number of pyridine rings is 1. The first-order valence-electron chi connectivity index (χ1n) is 11.3. The summed E-state index contributed by atoms with van der Waals surface area (Å²) in [6.45, 7) is 6.53. The normalized spacial score (nSPS) is 12.3. The number of aromatic nitrogens is 3. The molecule has 2 rings (SSSR count). The molecular formula is C24H32F6N6. The number of likely N-dealkylation sites (N-methyl/N-ethyl adjacent to an activating group) is 1. The van der Waals surface area contributed by atoms with Gasteiger partial charge in [0.1, 0.15) is 17.5 Å². The maximum Gasteiger partial charge on any atom is 0.417 e. The van der Waals surface area contributed by atoms with Gasteiger partial charge in [0.15, 0.2) is 0 Å². The number of alkyl halides is 6. The summed E-state index contributed by atoms with van der Waals surface area (Å²) in [6.07, 6.45) is -2.50. The van der Waals surface area contributed by atoms with Crippen LogP contribution in [0, 0.1) is 6.92 Å². The summed E-state index contributed by atoms with van der Waals surface area (Å²) in [5, 5.41) is 3.03. The van der Waals surface area contributed by atoms with E-state index in [1.165, 1.54) is 12.3 Å². The van der Waals surface area contributed by atoms with Crippen LogP contribution in [0.2, 0.25) is 0 Å². The molecule has 6 nitrogen and oxygen atoms in total. The monoisotopic (exact) mass is 518 g/mol. The third kappa shape index (κ3) is 12.1. The van der Waals surface area contributed by atoms with Crippen molar-refractivity contribution in [3.8, 4) is 0 Å². The molecule has 0 aliphatic rings. The maximum atomic E-state index is 12.6. The summed E-state index contributed by atoms with van der Waals surface area (Å²) < 4.78 is 72.3. The molecule has 0 saturated heterocycles. The molecule has 0 saturated carbocycles. The minimum atomic E-state index is -4.40. The van der Waals surface area contributed by atoms with Crippen LogP contribution in [-0.4, -0.2) is 52.9 Å². The van der Waals surface area contributed by atoms with Crippen LogP contribution in [0.15, 0.2) is 35.6 Å². The van der Waals surface area contributed by atoms with Crippen LogP contribution in [0.1, 0.15) is 49.3 Å². The molecule has 0 bridgehead atoms. The lowest BCUT2D eigenvalue weighted by Crippen LogP contribution is -2.18. The van der Waals surface area contributed by atoms with E-state index < -0.39 is 24.3 Å². The van der Waals surface area contributed by atoms with Gasteiger partial charge >= 0.3 is 12.4 Å². The minimum absolute atomic E-state index is 0.319. The predicted octanol–water partition coefficient (Wildman–Crippen LogP) is 6.54. The van der Waals surface area contributed by atoms with Crippen LogP contribution in [0.25, 0.3) is 0 Å². The molecule has 2 aromatic rings.